The van der Waals surface area contributed by atoms with Crippen molar-refractivity contribution >= 4 is 46.2 Å². The number of amides is 2. The molecule has 0 saturated heterocycles. The molecule has 2 amide bonds. The Balaban J connectivity index is 1.46. The maximum atomic E-state index is 12.1. The number of nitrogens with one attached hydrogen (secondary N) is 2. The SMILES string of the molecule is Cc1ccc(C(=O)NCC(=O)OCC(=O)Nc2cccc3nsnc23)cc1C. The minimum atomic E-state index is -0.708. The quantitative estimate of drug-likeness (QED) is 0.616. The number of carbonyl (C=O) groups excluding carboxylic acids is 3. The summed E-state index contributed by atoms with van der Waals surface area (Å²) in [6.07, 6.45) is 0. The first-order chi connectivity index (χ1) is 13.4. The Kier molecular flexibility index (Phi) is 5.95. The predicted molar refractivity (Wildman–Crippen MR) is 105 cm³/mol. The number of anilines is 1. The van der Waals surface area contributed by atoms with E-state index in [-0.39, 0.29) is 12.5 Å². The normalized spacial score (nSPS) is 10.5. The number of aromatic nitrogens is 2. The molecule has 0 unspecified atom stereocenters. The molecule has 144 valence electrons. The Morgan fingerprint density at radius 2 is 1.89 bits per heavy atom. The van der Waals surface area contributed by atoms with Gasteiger partial charge in [-0.15, -0.1) is 0 Å². The summed E-state index contributed by atoms with van der Waals surface area (Å²) in [6.45, 7) is 3.06. The molecule has 0 aliphatic rings. The molecule has 0 aliphatic carbocycles. The summed E-state index contributed by atoms with van der Waals surface area (Å²) < 4.78 is 13.1. The Labute approximate surface area is 165 Å². The molecule has 0 bridgehead atoms. The zero-order chi connectivity index (χ0) is 20.1. The largest absolute Gasteiger partial charge is 0.454 e. The number of rotatable bonds is 6. The van der Waals surface area contributed by atoms with Gasteiger partial charge < -0.3 is 15.4 Å². The molecule has 2 N–H and O–H groups in total. The van der Waals surface area contributed by atoms with Gasteiger partial charge in [-0.3, -0.25) is 14.4 Å². The second kappa shape index (κ2) is 8.57. The molecule has 3 rings (SSSR count). The standard InChI is InChI=1S/C19H18N4O4S/c1-11-6-7-13(8-12(11)2)19(26)20-9-17(25)27-10-16(24)21-14-4-3-5-15-18(14)23-28-22-15/h3-8H,9-10H2,1-2H3,(H,20,26)(H,21,24). The molecule has 1 aromatic heterocycles. The molecular formula is C19H18N4O4S. The Bertz CT molecular complexity index is 1050. The molecule has 0 fully saturated rings. The molecule has 0 atom stereocenters. The van der Waals surface area contributed by atoms with Crippen LogP contribution >= 0.6 is 11.7 Å². The Morgan fingerprint density at radius 3 is 2.68 bits per heavy atom. The van der Waals surface area contributed by atoms with Crippen molar-refractivity contribution in [3.63, 3.8) is 0 Å². The number of aryl methyl sites for hydroxylation is 2. The van der Waals surface area contributed by atoms with Gasteiger partial charge in [-0.2, -0.15) is 8.75 Å². The van der Waals surface area contributed by atoms with Crippen LogP contribution in [0, 0.1) is 13.8 Å². The van der Waals surface area contributed by atoms with E-state index in [0.717, 1.165) is 22.9 Å². The van der Waals surface area contributed by atoms with E-state index in [1.165, 1.54) is 0 Å². The van der Waals surface area contributed by atoms with Gasteiger partial charge in [0, 0.05) is 5.56 Å². The second-order valence-electron chi connectivity index (χ2n) is 6.13. The van der Waals surface area contributed by atoms with E-state index in [1.54, 1.807) is 30.3 Å². The van der Waals surface area contributed by atoms with Gasteiger partial charge in [-0.25, -0.2) is 0 Å². The zero-order valence-corrected chi connectivity index (χ0v) is 16.1. The van der Waals surface area contributed by atoms with E-state index in [4.69, 9.17) is 4.74 Å². The van der Waals surface area contributed by atoms with E-state index in [9.17, 15) is 14.4 Å². The number of esters is 1. The molecule has 1 heterocycles. The first kappa shape index (κ1) is 19.4. The fourth-order valence-electron chi connectivity index (χ4n) is 2.43. The molecule has 8 nitrogen and oxygen atoms in total. The fraction of sp³-hybridized carbons (Fsp3) is 0.211. The lowest BCUT2D eigenvalue weighted by atomic mass is 10.1. The molecule has 3 aromatic rings. The van der Waals surface area contributed by atoms with Crippen molar-refractivity contribution in [2.75, 3.05) is 18.5 Å². The molecule has 0 radical (unpaired) electrons. The number of carbonyl (C=O) groups is 3. The third-order valence-electron chi connectivity index (χ3n) is 4.09. The highest BCUT2D eigenvalue weighted by Crippen LogP contribution is 2.20. The maximum Gasteiger partial charge on any atom is 0.325 e. The molecule has 0 aliphatic heterocycles. The average molecular weight is 398 g/mol. The highest BCUT2D eigenvalue weighted by molar-refractivity contribution is 7.00. The van der Waals surface area contributed by atoms with Gasteiger partial charge in [0.15, 0.2) is 6.61 Å². The minimum Gasteiger partial charge on any atom is -0.454 e. The van der Waals surface area contributed by atoms with Crippen LogP contribution in [-0.2, 0) is 14.3 Å². The summed E-state index contributed by atoms with van der Waals surface area (Å²) in [7, 11) is 0. The van der Waals surface area contributed by atoms with Gasteiger partial charge >= 0.3 is 5.97 Å². The van der Waals surface area contributed by atoms with Gasteiger partial charge in [0.2, 0.25) is 0 Å². The zero-order valence-electron chi connectivity index (χ0n) is 15.3. The van der Waals surface area contributed by atoms with Crippen molar-refractivity contribution in [3.05, 3.63) is 53.1 Å². The molecule has 0 saturated carbocycles. The van der Waals surface area contributed by atoms with Crippen molar-refractivity contribution in [2.45, 2.75) is 13.8 Å². The average Bonchev–Trinajstić information content (AvgIpc) is 3.16. The highest BCUT2D eigenvalue weighted by atomic mass is 32.1. The van der Waals surface area contributed by atoms with E-state index in [2.05, 4.69) is 19.4 Å². The van der Waals surface area contributed by atoms with Gasteiger partial charge in [-0.05, 0) is 49.2 Å². The minimum absolute atomic E-state index is 0.329. The molecule has 28 heavy (non-hydrogen) atoms. The van der Waals surface area contributed by atoms with E-state index < -0.39 is 18.5 Å². The fourth-order valence-corrected chi connectivity index (χ4v) is 2.98. The monoisotopic (exact) mass is 398 g/mol. The smallest absolute Gasteiger partial charge is 0.325 e. The van der Waals surface area contributed by atoms with Gasteiger partial charge in [-0.1, -0.05) is 12.1 Å². The number of fused-ring (bicyclic) bond motifs is 1. The van der Waals surface area contributed by atoms with Crippen LogP contribution in [0.2, 0.25) is 0 Å². The maximum absolute atomic E-state index is 12.1. The van der Waals surface area contributed by atoms with Crippen LogP contribution in [0.5, 0.6) is 0 Å². The molecule has 9 heteroatoms. The van der Waals surface area contributed by atoms with Crippen molar-refractivity contribution in [2.24, 2.45) is 0 Å². The van der Waals surface area contributed by atoms with Crippen LogP contribution in [-0.4, -0.2) is 39.7 Å². The predicted octanol–water partition coefficient (Wildman–Crippen LogP) is 2.22. The molecule has 2 aromatic carbocycles. The van der Waals surface area contributed by atoms with E-state index >= 15 is 0 Å². The molecular weight excluding hydrogens is 380 g/mol. The number of benzene rings is 2. The van der Waals surface area contributed by atoms with Crippen LogP contribution in [0.1, 0.15) is 21.5 Å². The number of hydrogen-bond acceptors (Lipinski definition) is 7. The topological polar surface area (TPSA) is 110 Å². The summed E-state index contributed by atoms with van der Waals surface area (Å²) in [5, 5.41) is 5.11. The van der Waals surface area contributed by atoms with Crippen LogP contribution in [0.25, 0.3) is 11.0 Å². The van der Waals surface area contributed by atoms with Crippen LogP contribution in [0.15, 0.2) is 36.4 Å². The summed E-state index contributed by atoms with van der Waals surface area (Å²) in [4.78, 5) is 35.9. The van der Waals surface area contributed by atoms with Crippen molar-refractivity contribution in [1.29, 1.82) is 0 Å². The van der Waals surface area contributed by atoms with Crippen LogP contribution < -0.4 is 10.6 Å². The van der Waals surface area contributed by atoms with Crippen LogP contribution in [0.3, 0.4) is 0 Å². The Morgan fingerprint density at radius 1 is 1.07 bits per heavy atom. The lowest BCUT2D eigenvalue weighted by molar-refractivity contribution is -0.146. The van der Waals surface area contributed by atoms with Crippen molar-refractivity contribution in [1.82, 2.24) is 14.1 Å². The van der Waals surface area contributed by atoms with Crippen molar-refractivity contribution < 1.29 is 19.1 Å². The van der Waals surface area contributed by atoms with Gasteiger partial charge in [0.1, 0.15) is 17.6 Å². The third kappa shape index (κ3) is 4.68. The number of nitrogens with zero attached hydrogens (tertiary/aromatic N) is 2. The van der Waals surface area contributed by atoms with E-state index in [0.29, 0.717) is 22.3 Å². The first-order valence-corrected chi connectivity index (χ1v) is 9.19. The van der Waals surface area contributed by atoms with Gasteiger partial charge in [0.25, 0.3) is 11.8 Å². The number of hydrogen-bond donors (Lipinski definition) is 2. The lowest BCUT2D eigenvalue weighted by Crippen LogP contribution is -2.32. The molecule has 0 spiro atoms. The van der Waals surface area contributed by atoms with Gasteiger partial charge in [0.05, 0.1) is 17.4 Å². The first-order valence-electron chi connectivity index (χ1n) is 8.46. The summed E-state index contributed by atoms with van der Waals surface area (Å²) in [5.74, 6) is -1.59. The number of ether oxygens (including phenoxy) is 1. The lowest BCUT2D eigenvalue weighted by Gasteiger charge is -2.08. The highest BCUT2D eigenvalue weighted by Gasteiger charge is 2.13. The summed E-state index contributed by atoms with van der Waals surface area (Å²) >= 11 is 1.04. The van der Waals surface area contributed by atoms with Crippen molar-refractivity contribution in [3.8, 4) is 0 Å². The Hall–Kier alpha value is -3.33. The second-order valence-corrected chi connectivity index (χ2v) is 6.66. The third-order valence-corrected chi connectivity index (χ3v) is 4.63. The van der Waals surface area contributed by atoms with Crippen LogP contribution in [0.4, 0.5) is 5.69 Å². The van der Waals surface area contributed by atoms with E-state index in [1.807, 2.05) is 19.9 Å². The summed E-state index contributed by atoms with van der Waals surface area (Å²) in [6, 6.07) is 10.5. The summed E-state index contributed by atoms with van der Waals surface area (Å²) in [5.41, 5.74) is 4.26.